The van der Waals surface area contributed by atoms with Crippen molar-refractivity contribution in [2.45, 2.75) is 19.6 Å². The third-order valence-corrected chi connectivity index (χ3v) is 4.74. The highest BCUT2D eigenvalue weighted by Gasteiger charge is 2.22. The number of amides is 1. The van der Waals surface area contributed by atoms with E-state index in [0.717, 1.165) is 10.1 Å². The van der Waals surface area contributed by atoms with Gasteiger partial charge in [0.05, 0.1) is 5.69 Å². The third kappa shape index (κ3) is 4.59. The Morgan fingerprint density at radius 3 is 2.52 bits per heavy atom. The minimum atomic E-state index is -3.02. The first-order valence-corrected chi connectivity index (χ1v) is 8.80. The highest BCUT2D eigenvalue weighted by atomic mass is 32.1. The fourth-order valence-corrected chi connectivity index (χ4v) is 3.30. The molecule has 8 heteroatoms. The number of anilines is 1. The number of benzene rings is 2. The number of carbonyl (C=O) groups excluding carboxylic acids is 2. The van der Waals surface area contributed by atoms with E-state index in [1.807, 2.05) is 24.3 Å². The van der Waals surface area contributed by atoms with Crippen molar-refractivity contribution in [2.75, 3.05) is 5.32 Å². The summed E-state index contributed by atoms with van der Waals surface area (Å²) in [4.78, 5) is 24.9. The number of thiophene rings is 1. The molecule has 0 unspecified atom stereocenters. The van der Waals surface area contributed by atoms with E-state index in [4.69, 9.17) is 4.74 Å². The van der Waals surface area contributed by atoms with Crippen LogP contribution < -0.4 is 10.1 Å². The number of nitrogens with one attached hydrogen (secondary N) is 1. The van der Waals surface area contributed by atoms with Gasteiger partial charge in [0.2, 0.25) is 0 Å². The molecule has 140 valence electrons. The Kier molecular flexibility index (Phi) is 5.66. The van der Waals surface area contributed by atoms with Gasteiger partial charge in [-0.2, -0.15) is 8.78 Å². The molecule has 1 N–H and O–H groups in total. The van der Waals surface area contributed by atoms with Gasteiger partial charge in [-0.1, -0.05) is 30.3 Å². The number of fused-ring (bicyclic) bond motifs is 1. The Morgan fingerprint density at radius 2 is 1.78 bits per heavy atom. The molecule has 3 aromatic rings. The van der Waals surface area contributed by atoms with Gasteiger partial charge in [0.15, 0.2) is 6.10 Å². The minimum Gasteiger partial charge on any atom is -0.448 e. The topological polar surface area (TPSA) is 64.6 Å². The van der Waals surface area contributed by atoms with E-state index in [9.17, 15) is 18.4 Å². The van der Waals surface area contributed by atoms with Crippen LogP contribution in [0.25, 0.3) is 10.1 Å². The standard InChI is InChI=1S/C19H15F2NO4S/c1-11(17(23)22-13-7-3-4-8-14(13)26-19(20)21)25-18(24)16-10-12-6-2-5-9-15(12)27-16/h2-11,19H,1H3,(H,22,23)/t11-/m0/s1. The van der Waals surface area contributed by atoms with Gasteiger partial charge in [0, 0.05) is 4.70 Å². The molecule has 0 radical (unpaired) electrons. The van der Waals surface area contributed by atoms with E-state index in [1.54, 1.807) is 12.1 Å². The van der Waals surface area contributed by atoms with Crippen molar-refractivity contribution >= 4 is 39.0 Å². The van der Waals surface area contributed by atoms with Crippen LogP contribution in [0, 0.1) is 0 Å². The summed E-state index contributed by atoms with van der Waals surface area (Å²) in [5.41, 5.74) is 0.0626. The molecule has 0 aliphatic rings. The summed E-state index contributed by atoms with van der Waals surface area (Å²) in [5, 5.41) is 3.34. The lowest BCUT2D eigenvalue weighted by molar-refractivity contribution is -0.123. The molecule has 0 bridgehead atoms. The molecule has 27 heavy (non-hydrogen) atoms. The van der Waals surface area contributed by atoms with E-state index in [-0.39, 0.29) is 11.4 Å². The highest BCUT2D eigenvalue weighted by molar-refractivity contribution is 7.20. The van der Waals surface area contributed by atoms with Crippen molar-refractivity contribution in [1.82, 2.24) is 0 Å². The molecule has 0 spiro atoms. The van der Waals surface area contributed by atoms with Gasteiger partial charge >= 0.3 is 12.6 Å². The van der Waals surface area contributed by atoms with E-state index in [2.05, 4.69) is 10.1 Å². The average Bonchev–Trinajstić information content (AvgIpc) is 3.07. The smallest absolute Gasteiger partial charge is 0.387 e. The molecule has 0 fully saturated rings. The number of hydrogen-bond acceptors (Lipinski definition) is 5. The second-order valence-electron chi connectivity index (χ2n) is 5.56. The summed E-state index contributed by atoms with van der Waals surface area (Å²) in [5.74, 6) is -1.46. The Balaban J connectivity index is 1.66. The molecule has 1 heterocycles. The van der Waals surface area contributed by atoms with Crippen LogP contribution in [0.4, 0.5) is 14.5 Å². The maximum Gasteiger partial charge on any atom is 0.387 e. The summed E-state index contributed by atoms with van der Waals surface area (Å²) >= 11 is 1.26. The van der Waals surface area contributed by atoms with Crippen molar-refractivity contribution in [1.29, 1.82) is 0 Å². The number of esters is 1. The molecular weight excluding hydrogens is 376 g/mol. The van der Waals surface area contributed by atoms with Crippen LogP contribution in [-0.4, -0.2) is 24.6 Å². The normalized spacial score (nSPS) is 12.0. The zero-order valence-electron chi connectivity index (χ0n) is 14.1. The van der Waals surface area contributed by atoms with E-state index in [1.165, 1.54) is 36.5 Å². The fraction of sp³-hybridized carbons (Fsp3) is 0.158. The molecule has 5 nitrogen and oxygen atoms in total. The Hall–Kier alpha value is -3.00. The molecule has 0 aliphatic carbocycles. The van der Waals surface area contributed by atoms with Crippen molar-refractivity contribution in [2.24, 2.45) is 0 Å². The Morgan fingerprint density at radius 1 is 1.07 bits per heavy atom. The molecule has 3 rings (SSSR count). The number of para-hydroxylation sites is 2. The fourth-order valence-electron chi connectivity index (χ4n) is 2.36. The lowest BCUT2D eigenvalue weighted by Crippen LogP contribution is -2.30. The average molecular weight is 391 g/mol. The lowest BCUT2D eigenvalue weighted by atomic mass is 10.2. The van der Waals surface area contributed by atoms with Gasteiger partial charge in [-0.05, 0) is 36.6 Å². The van der Waals surface area contributed by atoms with Crippen molar-refractivity contribution in [3.63, 3.8) is 0 Å². The summed E-state index contributed by atoms with van der Waals surface area (Å²) in [7, 11) is 0. The van der Waals surface area contributed by atoms with Crippen LogP contribution in [-0.2, 0) is 9.53 Å². The minimum absolute atomic E-state index is 0.0626. The van der Waals surface area contributed by atoms with Crippen LogP contribution in [0.3, 0.4) is 0 Å². The first-order valence-electron chi connectivity index (χ1n) is 7.98. The second-order valence-corrected chi connectivity index (χ2v) is 6.64. The quantitative estimate of drug-likeness (QED) is 0.620. The first kappa shape index (κ1) is 18.8. The Bertz CT molecular complexity index is 940. The van der Waals surface area contributed by atoms with Gasteiger partial charge in [-0.25, -0.2) is 4.79 Å². The maximum absolute atomic E-state index is 12.4. The van der Waals surface area contributed by atoms with Gasteiger partial charge in [0.25, 0.3) is 5.91 Å². The first-order chi connectivity index (χ1) is 12.9. The summed E-state index contributed by atoms with van der Waals surface area (Å²) < 4.78 is 35.4. The number of halogens is 2. The molecule has 0 saturated heterocycles. The summed E-state index contributed by atoms with van der Waals surface area (Å²) in [6.45, 7) is -1.62. The predicted molar refractivity (Wildman–Crippen MR) is 98.4 cm³/mol. The molecule has 0 aliphatic heterocycles. The number of ether oxygens (including phenoxy) is 2. The van der Waals surface area contributed by atoms with Crippen molar-refractivity contribution in [3.05, 3.63) is 59.5 Å². The highest BCUT2D eigenvalue weighted by Crippen LogP contribution is 2.27. The number of carbonyl (C=O) groups is 2. The number of hydrogen-bond donors (Lipinski definition) is 1. The van der Waals surface area contributed by atoms with E-state index >= 15 is 0 Å². The Labute approximate surface area is 157 Å². The van der Waals surface area contributed by atoms with Crippen LogP contribution >= 0.6 is 11.3 Å². The van der Waals surface area contributed by atoms with Crippen molar-refractivity contribution < 1.29 is 27.8 Å². The second kappa shape index (κ2) is 8.13. The molecule has 0 saturated carbocycles. The summed E-state index contributed by atoms with van der Waals surface area (Å²) in [6.07, 6.45) is -1.12. The largest absolute Gasteiger partial charge is 0.448 e. The van der Waals surface area contributed by atoms with Gasteiger partial charge in [-0.3, -0.25) is 4.79 Å². The zero-order valence-corrected chi connectivity index (χ0v) is 15.0. The van der Waals surface area contributed by atoms with Crippen LogP contribution in [0.1, 0.15) is 16.6 Å². The molecular formula is C19H15F2NO4S. The van der Waals surface area contributed by atoms with Gasteiger partial charge in [0.1, 0.15) is 10.6 Å². The van der Waals surface area contributed by atoms with Gasteiger partial charge < -0.3 is 14.8 Å². The van der Waals surface area contributed by atoms with Crippen LogP contribution in [0.2, 0.25) is 0 Å². The van der Waals surface area contributed by atoms with Crippen LogP contribution in [0.15, 0.2) is 54.6 Å². The van der Waals surface area contributed by atoms with E-state index < -0.39 is 24.6 Å². The molecule has 1 atom stereocenters. The lowest BCUT2D eigenvalue weighted by Gasteiger charge is -2.15. The number of rotatable bonds is 6. The van der Waals surface area contributed by atoms with E-state index in [0.29, 0.717) is 4.88 Å². The van der Waals surface area contributed by atoms with Crippen molar-refractivity contribution in [3.8, 4) is 5.75 Å². The third-order valence-electron chi connectivity index (χ3n) is 3.64. The molecule has 1 amide bonds. The molecule has 1 aromatic heterocycles. The number of alkyl halides is 2. The maximum atomic E-state index is 12.4. The summed E-state index contributed by atoms with van der Waals surface area (Å²) in [6, 6.07) is 14.9. The van der Waals surface area contributed by atoms with Crippen LogP contribution in [0.5, 0.6) is 5.75 Å². The predicted octanol–water partition coefficient (Wildman–Crippen LogP) is 4.69. The zero-order chi connectivity index (χ0) is 19.4. The monoisotopic (exact) mass is 391 g/mol. The molecule has 2 aromatic carbocycles. The van der Waals surface area contributed by atoms with Gasteiger partial charge in [-0.15, -0.1) is 11.3 Å². The SMILES string of the molecule is C[C@H](OC(=O)c1cc2ccccc2s1)C(=O)Nc1ccccc1OC(F)F.